The lowest BCUT2D eigenvalue weighted by molar-refractivity contribution is 0.0198. The molecule has 2 rings (SSSR count). The monoisotopic (exact) mass is 254 g/mol. The Hall–Kier alpha value is -0.120. The number of hydrogen-bond acceptors (Lipinski definition) is 3. The van der Waals surface area contributed by atoms with Crippen LogP contribution in [0.1, 0.15) is 45.4 Å². The van der Waals surface area contributed by atoms with Crippen molar-refractivity contribution in [2.45, 2.75) is 57.5 Å². The molecule has 1 heterocycles. The molecule has 2 N–H and O–H groups in total. The second-order valence-corrected chi connectivity index (χ2v) is 6.31. The first-order valence-electron chi connectivity index (χ1n) is 7.74. The molecule has 0 aromatic heterocycles. The van der Waals surface area contributed by atoms with Gasteiger partial charge in [0.2, 0.25) is 0 Å². The first-order valence-corrected chi connectivity index (χ1v) is 7.74. The molecule has 2 unspecified atom stereocenters. The Bertz CT molecular complexity index is 239. The van der Waals surface area contributed by atoms with Gasteiger partial charge in [0.05, 0.1) is 6.61 Å². The van der Waals surface area contributed by atoms with Crippen molar-refractivity contribution >= 4 is 0 Å². The molecule has 2 aliphatic rings. The van der Waals surface area contributed by atoms with Crippen molar-refractivity contribution in [1.82, 2.24) is 4.90 Å². The van der Waals surface area contributed by atoms with Gasteiger partial charge in [-0.2, -0.15) is 0 Å². The molecule has 106 valence electrons. The summed E-state index contributed by atoms with van der Waals surface area (Å²) in [5, 5.41) is 0. The van der Waals surface area contributed by atoms with Gasteiger partial charge < -0.3 is 15.4 Å². The van der Waals surface area contributed by atoms with Crippen LogP contribution in [0.25, 0.3) is 0 Å². The van der Waals surface area contributed by atoms with E-state index < -0.39 is 0 Å². The van der Waals surface area contributed by atoms with Crippen LogP contribution in [0.3, 0.4) is 0 Å². The molecule has 0 bridgehead atoms. The largest absolute Gasteiger partial charge is 0.381 e. The van der Waals surface area contributed by atoms with Crippen LogP contribution in [0, 0.1) is 11.8 Å². The van der Waals surface area contributed by atoms with E-state index in [1.54, 1.807) is 0 Å². The summed E-state index contributed by atoms with van der Waals surface area (Å²) in [7, 11) is 2.28. The fourth-order valence-electron chi connectivity index (χ4n) is 3.51. The molecule has 3 nitrogen and oxygen atoms in total. The highest BCUT2D eigenvalue weighted by atomic mass is 16.5. The van der Waals surface area contributed by atoms with Crippen molar-refractivity contribution in [2.75, 3.05) is 26.8 Å². The first-order chi connectivity index (χ1) is 8.70. The predicted octanol–water partition coefficient (Wildman–Crippen LogP) is 2.25. The molecule has 18 heavy (non-hydrogen) atoms. The summed E-state index contributed by atoms with van der Waals surface area (Å²) in [5.41, 5.74) is 6.19. The molecular formula is C15H30N2O. The average Bonchev–Trinajstić information content (AvgIpc) is 2.41. The van der Waals surface area contributed by atoms with E-state index in [1.807, 2.05) is 0 Å². The number of rotatable bonds is 4. The molecule has 0 spiro atoms. The van der Waals surface area contributed by atoms with Crippen molar-refractivity contribution in [3.63, 3.8) is 0 Å². The lowest BCUT2D eigenvalue weighted by Crippen LogP contribution is -2.47. The quantitative estimate of drug-likeness (QED) is 0.836. The molecule has 1 saturated carbocycles. The third-order valence-corrected chi connectivity index (χ3v) is 5.07. The third kappa shape index (κ3) is 3.69. The van der Waals surface area contributed by atoms with Gasteiger partial charge in [0.25, 0.3) is 0 Å². The van der Waals surface area contributed by atoms with E-state index in [4.69, 9.17) is 10.5 Å². The molecule has 0 aromatic carbocycles. The molecular weight excluding hydrogens is 224 g/mol. The van der Waals surface area contributed by atoms with Crippen LogP contribution >= 0.6 is 0 Å². The molecule has 1 aliphatic carbocycles. The molecule has 3 heteroatoms. The topological polar surface area (TPSA) is 38.5 Å². The minimum atomic E-state index is 0.341. The predicted molar refractivity (Wildman–Crippen MR) is 75.6 cm³/mol. The Balaban J connectivity index is 1.75. The van der Waals surface area contributed by atoms with E-state index in [0.29, 0.717) is 12.0 Å². The maximum absolute atomic E-state index is 6.19. The minimum Gasteiger partial charge on any atom is -0.381 e. The van der Waals surface area contributed by atoms with E-state index in [-0.39, 0.29) is 0 Å². The smallest absolute Gasteiger partial charge is 0.0521 e. The first kappa shape index (κ1) is 14.3. The normalized spacial score (nSPS) is 38.0. The molecule has 0 amide bonds. The van der Waals surface area contributed by atoms with Gasteiger partial charge in [-0.1, -0.05) is 13.3 Å². The van der Waals surface area contributed by atoms with Crippen molar-refractivity contribution in [1.29, 1.82) is 0 Å². The summed E-state index contributed by atoms with van der Waals surface area (Å²) < 4.78 is 5.57. The Kier molecular flexibility index (Phi) is 5.46. The molecule has 2 fully saturated rings. The number of nitrogens with zero attached hydrogens (tertiary/aromatic N) is 1. The van der Waals surface area contributed by atoms with E-state index in [0.717, 1.165) is 38.1 Å². The summed E-state index contributed by atoms with van der Waals surface area (Å²) >= 11 is 0. The van der Waals surface area contributed by atoms with Crippen LogP contribution in [0.4, 0.5) is 0 Å². The van der Waals surface area contributed by atoms with Crippen LogP contribution in [0.15, 0.2) is 0 Å². The molecule has 0 radical (unpaired) electrons. The minimum absolute atomic E-state index is 0.341. The Morgan fingerprint density at radius 2 is 1.89 bits per heavy atom. The Labute approximate surface area is 112 Å². The zero-order valence-corrected chi connectivity index (χ0v) is 12.1. The van der Waals surface area contributed by atoms with Crippen molar-refractivity contribution in [3.8, 4) is 0 Å². The van der Waals surface area contributed by atoms with Gasteiger partial charge in [-0.3, -0.25) is 0 Å². The zero-order chi connectivity index (χ0) is 13.0. The number of nitrogens with two attached hydrogens (primary N) is 1. The lowest BCUT2D eigenvalue weighted by atomic mass is 9.83. The second-order valence-electron chi connectivity index (χ2n) is 6.31. The Morgan fingerprint density at radius 3 is 2.50 bits per heavy atom. The van der Waals surface area contributed by atoms with E-state index in [9.17, 15) is 0 Å². The summed E-state index contributed by atoms with van der Waals surface area (Å²) in [4.78, 5) is 2.55. The average molecular weight is 254 g/mol. The molecule has 1 aliphatic heterocycles. The highest BCUT2D eigenvalue weighted by Crippen LogP contribution is 2.29. The summed E-state index contributed by atoms with van der Waals surface area (Å²) in [6.45, 7) is 5.15. The van der Waals surface area contributed by atoms with E-state index in [1.165, 1.54) is 32.1 Å². The number of hydrogen-bond donors (Lipinski definition) is 1. The molecule has 2 atom stereocenters. The lowest BCUT2D eigenvalue weighted by Gasteiger charge is -2.38. The fourth-order valence-corrected chi connectivity index (χ4v) is 3.51. The van der Waals surface area contributed by atoms with Gasteiger partial charge >= 0.3 is 0 Å². The Morgan fingerprint density at radius 1 is 1.17 bits per heavy atom. The van der Waals surface area contributed by atoms with E-state index in [2.05, 4.69) is 18.9 Å². The second kappa shape index (κ2) is 6.88. The maximum atomic E-state index is 6.19. The van der Waals surface area contributed by atoms with Crippen LogP contribution in [0.5, 0.6) is 0 Å². The molecule has 0 aromatic rings. The summed E-state index contributed by atoms with van der Waals surface area (Å²) in [6.07, 6.45) is 7.96. The van der Waals surface area contributed by atoms with Crippen molar-refractivity contribution < 1.29 is 4.74 Å². The highest BCUT2D eigenvalue weighted by Gasteiger charge is 2.28. The van der Waals surface area contributed by atoms with Crippen molar-refractivity contribution in [2.24, 2.45) is 17.6 Å². The van der Waals surface area contributed by atoms with Crippen LogP contribution in [0.2, 0.25) is 0 Å². The zero-order valence-electron chi connectivity index (χ0n) is 12.1. The van der Waals surface area contributed by atoms with Gasteiger partial charge in [0, 0.05) is 31.2 Å². The highest BCUT2D eigenvalue weighted by molar-refractivity contribution is 4.83. The van der Waals surface area contributed by atoms with Gasteiger partial charge in [-0.15, -0.1) is 0 Å². The SMILES string of the molecule is CCC1CCC(N(C)CC2COCCC2N)CC1. The summed E-state index contributed by atoms with van der Waals surface area (Å²) in [5.74, 6) is 1.52. The van der Waals surface area contributed by atoms with Crippen LogP contribution in [-0.2, 0) is 4.74 Å². The molecule has 1 saturated heterocycles. The van der Waals surface area contributed by atoms with Crippen LogP contribution < -0.4 is 5.73 Å². The van der Waals surface area contributed by atoms with Crippen LogP contribution in [-0.4, -0.2) is 43.8 Å². The van der Waals surface area contributed by atoms with Gasteiger partial charge in [-0.05, 0) is 45.1 Å². The van der Waals surface area contributed by atoms with Gasteiger partial charge in [-0.25, -0.2) is 0 Å². The third-order valence-electron chi connectivity index (χ3n) is 5.07. The van der Waals surface area contributed by atoms with E-state index >= 15 is 0 Å². The maximum Gasteiger partial charge on any atom is 0.0521 e. The van der Waals surface area contributed by atoms with Gasteiger partial charge in [0.1, 0.15) is 0 Å². The fraction of sp³-hybridized carbons (Fsp3) is 1.00. The standard InChI is InChI=1S/C15H30N2O/c1-3-12-4-6-14(7-5-12)17(2)10-13-11-18-9-8-15(13)16/h12-15H,3-11,16H2,1-2H3. The summed E-state index contributed by atoms with van der Waals surface area (Å²) in [6, 6.07) is 1.12. The van der Waals surface area contributed by atoms with Crippen molar-refractivity contribution in [3.05, 3.63) is 0 Å². The van der Waals surface area contributed by atoms with Gasteiger partial charge in [0.15, 0.2) is 0 Å². The number of ether oxygens (including phenoxy) is 1.